The van der Waals surface area contributed by atoms with E-state index < -0.39 is 11.9 Å². The van der Waals surface area contributed by atoms with E-state index in [4.69, 9.17) is 9.47 Å². The minimum atomic E-state index is -0.733. The van der Waals surface area contributed by atoms with E-state index in [9.17, 15) is 14.7 Å². The molecule has 0 aromatic heterocycles. The zero-order valence-corrected chi connectivity index (χ0v) is 20.5. The van der Waals surface area contributed by atoms with Crippen molar-refractivity contribution in [2.75, 3.05) is 19.8 Å². The van der Waals surface area contributed by atoms with Gasteiger partial charge in [-0.25, -0.2) is 4.39 Å². The fourth-order valence-electron chi connectivity index (χ4n) is 5.68. The molecular weight excluding hydrogens is 463 g/mol. The summed E-state index contributed by atoms with van der Waals surface area (Å²) in [4.78, 5) is 28.1. The number of benzene rings is 2. The molecule has 4 atom stereocenters. The van der Waals surface area contributed by atoms with Crippen molar-refractivity contribution in [2.45, 2.75) is 69.8 Å². The molecule has 192 valence electrons. The highest BCUT2D eigenvalue weighted by atomic mass is 19.1. The number of halogens is 1. The molecule has 8 heteroatoms. The molecule has 3 heterocycles. The topological polar surface area (TPSA) is 88.1 Å². The molecule has 2 bridgehead atoms. The van der Waals surface area contributed by atoms with Crippen molar-refractivity contribution in [3.63, 3.8) is 0 Å². The predicted molar refractivity (Wildman–Crippen MR) is 132 cm³/mol. The SMILES string of the molecule is CCOc1cc(C(=O)N2C3CCC2COC3)c(F)cc1C(=O)CC[C@@H](O)[C@@H]1Cc2ccccc2CN1. The predicted octanol–water partition coefficient (Wildman–Crippen LogP) is 3.27. The average molecular weight is 497 g/mol. The molecule has 0 radical (unpaired) electrons. The Bertz CT molecular complexity index is 1120. The van der Waals surface area contributed by atoms with Crippen LogP contribution in [-0.2, 0) is 17.7 Å². The third-order valence-electron chi connectivity index (χ3n) is 7.62. The van der Waals surface area contributed by atoms with Gasteiger partial charge in [-0.2, -0.15) is 0 Å². The van der Waals surface area contributed by atoms with Gasteiger partial charge in [-0.3, -0.25) is 9.59 Å². The number of aliphatic hydroxyl groups is 1. The van der Waals surface area contributed by atoms with Gasteiger partial charge in [-0.1, -0.05) is 24.3 Å². The van der Waals surface area contributed by atoms with Crippen LogP contribution in [0.25, 0.3) is 0 Å². The fourth-order valence-corrected chi connectivity index (χ4v) is 5.68. The highest BCUT2D eigenvalue weighted by Gasteiger charge is 2.41. The number of morpholine rings is 1. The third-order valence-corrected chi connectivity index (χ3v) is 7.62. The number of ketones is 1. The van der Waals surface area contributed by atoms with E-state index in [1.54, 1.807) is 11.8 Å². The Morgan fingerprint density at radius 2 is 1.89 bits per heavy atom. The van der Waals surface area contributed by atoms with Gasteiger partial charge in [0, 0.05) is 19.0 Å². The van der Waals surface area contributed by atoms with E-state index >= 15 is 4.39 Å². The van der Waals surface area contributed by atoms with Crippen LogP contribution in [0.15, 0.2) is 36.4 Å². The van der Waals surface area contributed by atoms with Crippen molar-refractivity contribution in [1.82, 2.24) is 10.2 Å². The number of nitrogens with one attached hydrogen (secondary N) is 1. The molecule has 2 fully saturated rings. The van der Waals surface area contributed by atoms with Gasteiger partial charge in [0.05, 0.1) is 49.1 Å². The summed E-state index contributed by atoms with van der Waals surface area (Å²) in [5.41, 5.74) is 2.43. The normalized spacial score (nSPS) is 23.8. The Labute approximate surface area is 210 Å². The Balaban J connectivity index is 1.28. The number of Topliss-reactive ketones (excluding diaryl/α,β-unsaturated/α-hetero) is 1. The maximum Gasteiger partial charge on any atom is 0.257 e. The molecule has 5 rings (SSSR count). The lowest BCUT2D eigenvalue weighted by atomic mass is 9.90. The lowest BCUT2D eigenvalue weighted by Gasteiger charge is -2.34. The van der Waals surface area contributed by atoms with E-state index in [0.717, 1.165) is 18.9 Å². The van der Waals surface area contributed by atoms with E-state index in [1.807, 2.05) is 12.1 Å². The van der Waals surface area contributed by atoms with Crippen molar-refractivity contribution in [3.05, 3.63) is 64.5 Å². The van der Waals surface area contributed by atoms with Crippen molar-refractivity contribution in [2.24, 2.45) is 0 Å². The van der Waals surface area contributed by atoms with Crippen LogP contribution in [-0.4, -0.2) is 65.7 Å². The second-order valence-corrected chi connectivity index (χ2v) is 9.89. The first-order valence-electron chi connectivity index (χ1n) is 12.8. The summed E-state index contributed by atoms with van der Waals surface area (Å²) in [5.74, 6) is -1.24. The van der Waals surface area contributed by atoms with E-state index in [2.05, 4.69) is 17.4 Å². The lowest BCUT2D eigenvalue weighted by molar-refractivity contribution is -0.00740. The van der Waals surface area contributed by atoms with Crippen LogP contribution in [0.2, 0.25) is 0 Å². The Morgan fingerprint density at radius 3 is 2.61 bits per heavy atom. The van der Waals surface area contributed by atoms with Crippen molar-refractivity contribution in [3.8, 4) is 5.75 Å². The van der Waals surface area contributed by atoms with Gasteiger partial charge >= 0.3 is 0 Å². The molecule has 0 saturated carbocycles. The molecule has 2 N–H and O–H groups in total. The Hall–Kier alpha value is -2.81. The van der Waals surface area contributed by atoms with Crippen LogP contribution in [0.5, 0.6) is 5.75 Å². The first-order valence-corrected chi connectivity index (χ1v) is 12.8. The smallest absolute Gasteiger partial charge is 0.257 e. The Morgan fingerprint density at radius 1 is 1.17 bits per heavy atom. The van der Waals surface area contributed by atoms with Gasteiger partial charge in [0.2, 0.25) is 0 Å². The number of carbonyl (C=O) groups is 2. The standard InChI is InChI=1S/C28H33FN2O5/c1-2-36-27-13-21(28(34)31-19-7-8-20(31)16-35-15-19)23(29)12-22(27)25(32)9-10-26(33)24-11-17-5-3-4-6-18(17)14-30-24/h3-6,12-13,19-20,24,26,30,33H,2,7-11,14-16H2,1H3/t19?,20?,24-,26+/m0/s1. The van der Waals surface area contributed by atoms with Gasteiger partial charge < -0.3 is 24.8 Å². The first kappa shape index (κ1) is 24.9. The first-order chi connectivity index (χ1) is 17.5. The molecule has 0 spiro atoms. The van der Waals surface area contributed by atoms with Crippen molar-refractivity contribution < 1.29 is 28.6 Å². The zero-order valence-electron chi connectivity index (χ0n) is 20.5. The monoisotopic (exact) mass is 496 g/mol. The van der Waals surface area contributed by atoms with Gasteiger partial charge in [-0.15, -0.1) is 0 Å². The summed E-state index contributed by atoms with van der Waals surface area (Å²) >= 11 is 0. The summed E-state index contributed by atoms with van der Waals surface area (Å²) in [7, 11) is 0. The third kappa shape index (κ3) is 4.90. The molecular formula is C28H33FN2O5. The molecule has 3 aliphatic heterocycles. The summed E-state index contributed by atoms with van der Waals surface area (Å²) in [5, 5.41) is 14.1. The van der Waals surface area contributed by atoms with E-state index in [1.165, 1.54) is 17.2 Å². The van der Waals surface area contributed by atoms with Gasteiger partial charge in [0.15, 0.2) is 5.78 Å². The molecule has 2 unspecified atom stereocenters. The number of nitrogens with zero attached hydrogens (tertiary/aromatic N) is 1. The molecule has 0 aliphatic carbocycles. The molecule has 36 heavy (non-hydrogen) atoms. The maximum absolute atomic E-state index is 15.2. The van der Waals surface area contributed by atoms with Gasteiger partial charge in [-0.05, 0) is 55.9 Å². The number of fused-ring (bicyclic) bond motifs is 3. The minimum Gasteiger partial charge on any atom is -0.493 e. The van der Waals surface area contributed by atoms with Crippen LogP contribution in [0, 0.1) is 5.82 Å². The van der Waals surface area contributed by atoms with Crippen LogP contribution in [0.1, 0.15) is 64.4 Å². The number of hydrogen-bond donors (Lipinski definition) is 2. The largest absolute Gasteiger partial charge is 0.493 e. The zero-order chi connectivity index (χ0) is 25.2. The highest BCUT2D eigenvalue weighted by Crippen LogP contribution is 2.33. The number of rotatable bonds is 8. The average Bonchev–Trinajstić information content (AvgIpc) is 3.15. The number of aliphatic hydroxyl groups excluding tert-OH is 1. The second kappa shape index (κ2) is 10.7. The lowest BCUT2D eigenvalue weighted by Crippen LogP contribution is -2.49. The number of carbonyl (C=O) groups excluding carboxylic acids is 2. The maximum atomic E-state index is 15.2. The molecule has 2 aromatic carbocycles. The molecule has 7 nitrogen and oxygen atoms in total. The van der Waals surface area contributed by atoms with Crippen LogP contribution < -0.4 is 10.1 Å². The van der Waals surface area contributed by atoms with Crippen LogP contribution >= 0.6 is 0 Å². The van der Waals surface area contributed by atoms with Crippen LogP contribution in [0.3, 0.4) is 0 Å². The molecule has 3 aliphatic rings. The molecule has 2 saturated heterocycles. The summed E-state index contributed by atoms with van der Waals surface area (Å²) < 4.78 is 26.4. The number of amides is 1. The fraction of sp³-hybridized carbons (Fsp3) is 0.500. The molecule has 1 amide bonds. The number of ether oxygens (including phenoxy) is 2. The quantitative estimate of drug-likeness (QED) is 0.546. The summed E-state index contributed by atoms with van der Waals surface area (Å²) in [6.45, 7) is 3.64. The van der Waals surface area contributed by atoms with Crippen molar-refractivity contribution >= 4 is 11.7 Å². The van der Waals surface area contributed by atoms with Gasteiger partial charge in [0.1, 0.15) is 11.6 Å². The number of hydrogen-bond acceptors (Lipinski definition) is 6. The van der Waals surface area contributed by atoms with E-state index in [-0.39, 0.29) is 66.1 Å². The molecule has 2 aromatic rings. The minimum absolute atomic E-state index is 0.0431. The van der Waals surface area contributed by atoms with Gasteiger partial charge in [0.25, 0.3) is 5.91 Å². The highest BCUT2D eigenvalue weighted by molar-refractivity contribution is 6.01. The van der Waals surface area contributed by atoms with E-state index in [0.29, 0.717) is 26.2 Å². The van der Waals surface area contributed by atoms with Crippen LogP contribution in [0.4, 0.5) is 4.39 Å². The Kier molecular flexibility index (Phi) is 7.37. The van der Waals surface area contributed by atoms with Crippen molar-refractivity contribution in [1.29, 1.82) is 0 Å². The second-order valence-electron chi connectivity index (χ2n) is 9.89. The summed E-state index contributed by atoms with van der Waals surface area (Å²) in [6.07, 6.45) is 1.93. The summed E-state index contributed by atoms with van der Waals surface area (Å²) in [6, 6.07) is 10.3.